The molecule has 0 fully saturated rings. The topological polar surface area (TPSA) is 130 Å². The third-order valence-corrected chi connectivity index (χ3v) is 7.70. The lowest BCUT2D eigenvalue weighted by atomic mass is 10.2. The number of ether oxygens (including phenoxy) is 1. The summed E-state index contributed by atoms with van der Waals surface area (Å²) in [6.45, 7) is 0. The lowest BCUT2D eigenvalue weighted by molar-refractivity contribution is -0.387. The van der Waals surface area contributed by atoms with Gasteiger partial charge in [0.1, 0.15) is 0 Å². The van der Waals surface area contributed by atoms with E-state index in [0.717, 1.165) is 35.7 Å². The van der Waals surface area contributed by atoms with Gasteiger partial charge in [0, 0.05) is 32.0 Å². The predicted octanol–water partition coefficient (Wildman–Crippen LogP) is 8.11. The number of carbonyl (C=O) groups excluding carboxylic acids is 2. The van der Waals surface area contributed by atoms with Crippen LogP contribution in [-0.4, -0.2) is 21.8 Å². The first-order valence-electron chi connectivity index (χ1n) is 10.8. The second-order valence-electron chi connectivity index (χ2n) is 7.67. The number of hydrogen-bond acceptors (Lipinski definition) is 9. The number of nitro groups is 2. The number of carbonyl (C=O) groups is 2. The molecule has 0 aromatic heterocycles. The highest BCUT2D eigenvalue weighted by Gasteiger charge is 2.24. The normalized spacial score (nSPS) is 10.6. The quantitative estimate of drug-likeness (QED) is 0.0851. The Labute approximate surface area is 239 Å². The number of halogens is 2. The number of hydrogen-bond donors (Lipinski definition) is 0. The molecule has 0 radical (unpaired) electrons. The number of nitrogens with zero attached hydrogens (tertiary/aromatic N) is 2. The predicted molar refractivity (Wildman–Crippen MR) is 147 cm³/mol. The third-order valence-electron chi connectivity index (χ3n) is 5.05. The van der Waals surface area contributed by atoms with Crippen LogP contribution in [0.15, 0.2) is 105 Å². The van der Waals surface area contributed by atoms with E-state index in [0.29, 0.717) is 19.8 Å². The molecule has 0 amide bonds. The van der Waals surface area contributed by atoms with Crippen molar-refractivity contribution in [3.8, 4) is 0 Å². The summed E-state index contributed by atoms with van der Waals surface area (Å²) in [6.07, 6.45) is 0. The average molecular weight is 601 g/mol. The highest BCUT2D eigenvalue weighted by Crippen LogP contribution is 2.37. The minimum absolute atomic E-state index is 0.236. The zero-order valence-electron chi connectivity index (χ0n) is 19.4. The van der Waals surface area contributed by atoms with Crippen LogP contribution in [0, 0.1) is 20.2 Å². The summed E-state index contributed by atoms with van der Waals surface area (Å²) in [5.41, 5.74) is -1.20. The van der Waals surface area contributed by atoms with Crippen LogP contribution in [0.1, 0.15) is 20.7 Å². The molecule has 4 aromatic rings. The van der Waals surface area contributed by atoms with Crippen LogP contribution in [0.3, 0.4) is 0 Å². The fourth-order valence-corrected chi connectivity index (χ4v) is 5.26. The lowest BCUT2D eigenvalue weighted by Crippen LogP contribution is -2.13. The molecule has 0 aliphatic rings. The van der Waals surface area contributed by atoms with Gasteiger partial charge in [0.15, 0.2) is 0 Å². The van der Waals surface area contributed by atoms with E-state index in [2.05, 4.69) is 0 Å². The number of esters is 2. The van der Waals surface area contributed by atoms with Crippen LogP contribution in [0.4, 0.5) is 11.4 Å². The first-order chi connectivity index (χ1) is 18.6. The maximum Gasteiger partial charge on any atom is 0.346 e. The second kappa shape index (κ2) is 12.3. The Balaban J connectivity index is 1.52. The monoisotopic (exact) mass is 600 g/mol. The molecule has 0 N–H and O–H groups in total. The summed E-state index contributed by atoms with van der Waals surface area (Å²) in [6, 6.07) is 20.6. The Morgan fingerprint density at radius 1 is 0.615 bits per heavy atom. The van der Waals surface area contributed by atoms with E-state index in [-0.39, 0.29) is 32.3 Å². The molecule has 39 heavy (non-hydrogen) atoms. The Kier molecular flexibility index (Phi) is 8.87. The number of nitro benzene ring substituents is 2. The molecule has 4 aromatic carbocycles. The SMILES string of the molecule is O=C(OC(=O)c1ccc(Sc2ccc(Cl)cc2)c([N+](=O)[O-])c1)c1ccc(Sc2ccc(Cl)cc2)c([N+](=O)[O-])c1. The van der Waals surface area contributed by atoms with Crippen molar-refractivity contribution in [2.75, 3.05) is 0 Å². The maximum absolute atomic E-state index is 12.6. The van der Waals surface area contributed by atoms with Gasteiger partial charge in [-0.3, -0.25) is 20.2 Å². The summed E-state index contributed by atoms with van der Waals surface area (Å²) in [5.74, 6) is -2.29. The van der Waals surface area contributed by atoms with Gasteiger partial charge in [0.2, 0.25) is 0 Å². The van der Waals surface area contributed by atoms with E-state index in [1.807, 2.05) is 0 Å². The summed E-state index contributed by atoms with van der Waals surface area (Å²) >= 11 is 13.9. The smallest absolute Gasteiger partial charge is 0.346 e. The molecule has 0 atom stereocenters. The van der Waals surface area contributed by atoms with Gasteiger partial charge >= 0.3 is 11.9 Å². The molecule has 196 valence electrons. The molecule has 0 unspecified atom stereocenters. The molecule has 0 spiro atoms. The van der Waals surface area contributed by atoms with E-state index >= 15 is 0 Å². The van der Waals surface area contributed by atoms with Crippen LogP contribution in [0.25, 0.3) is 0 Å². The largest absolute Gasteiger partial charge is 0.386 e. The van der Waals surface area contributed by atoms with Crippen LogP contribution < -0.4 is 0 Å². The fourth-order valence-electron chi connectivity index (χ4n) is 3.21. The van der Waals surface area contributed by atoms with Crippen molar-refractivity contribution in [3.63, 3.8) is 0 Å². The van der Waals surface area contributed by atoms with Crippen molar-refractivity contribution in [1.29, 1.82) is 0 Å². The summed E-state index contributed by atoms with van der Waals surface area (Å²) < 4.78 is 4.87. The number of benzene rings is 4. The van der Waals surface area contributed by atoms with E-state index in [9.17, 15) is 29.8 Å². The lowest BCUT2D eigenvalue weighted by Gasteiger charge is -2.08. The second-order valence-corrected chi connectivity index (χ2v) is 10.8. The standard InChI is InChI=1S/C26H14Cl2N2O7S2/c27-17-3-7-19(8-4-17)38-23-11-1-15(13-21(23)29(33)34)25(31)37-26(32)16-2-12-24(22(14-16)30(35)36)39-20-9-5-18(28)6-10-20/h1-14H. The average Bonchev–Trinajstić information content (AvgIpc) is 2.91. The van der Waals surface area contributed by atoms with Crippen molar-refractivity contribution < 1.29 is 24.2 Å². The Morgan fingerprint density at radius 3 is 1.31 bits per heavy atom. The summed E-state index contributed by atoms with van der Waals surface area (Å²) in [5, 5.41) is 24.3. The zero-order chi connectivity index (χ0) is 28.1. The molecule has 9 nitrogen and oxygen atoms in total. The number of rotatable bonds is 8. The minimum Gasteiger partial charge on any atom is -0.386 e. The van der Waals surface area contributed by atoms with Gasteiger partial charge in [-0.2, -0.15) is 0 Å². The van der Waals surface area contributed by atoms with E-state index < -0.39 is 21.8 Å². The summed E-state index contributed by atoms with van der Waals surface area (Å²) in [4.78, 5) is 49.1. The van der Waals surface area contributed by atoms with Crippen molar-refractivity contribution in [2.45, 2.75) is 19.6 Å². The molecule has 0 saturated heterocycles. The molecule has 0 aliphatic heterocycles. The third kappa shape index (κ3) is 7.15. The van der Waals surface area contributed by atoms with Crippen LogP contribution in [-0.2, 0) is 4.74 Å². The van der Waals surface area contributed by atoms with Gasteiger partial charge in [-0.1, -0.05) is 46.7 Å². The molecule has 0 saturated carbocycles. The van der Waals surface area contributed by atoms with Crippen molar-refractivity contribution in [3.05, 3.63) is 126 Å². The molecule has 0 heterocycles. The Hall–Kier alpha value is -3.90. The first-order valence-corrected chi connectivity index (χ1v) is 13.2. The van der Waals surface area contributed by atoms with Gasteiger partial charge in [0.05, 0.1) is 30.8 Å². The van der Waals surface area contributed by atoms with Gasteiger partial charge < -0.3 is 4.74 Å². The molecule has 4 rings (SSSR count). The molecular weight excluding hydrogens is 587 g/mol. The summed E-state index contributed by atoms with van der Waals surface area (Å²) in [7, 11) is 0. The van der Waals surface area contributed by atoms with Gasteiger partial charge in [-0.15, -0.1) is 0 Å². The first kappa shape index (κ1) is 28.1. The van der Waals surface area contributed by atoms with Gasteiger partial charge in [0.25, 0.3) is 11.4 Å². The Morgan fingerprint density at radius 2 is 0.974 bits per heavy atom. The molecule has 0 aliphatic carbocycles. The zero-order valence-corrected chi connectivity index (χ0v) is 22.6. The van der Waals surface area contributed by atoms with Crippen molar-refractivity contribution >= 4 is 70.0 Å². The van der Waals surface area contributed by atoms with Crippen molar-refractivity contribution in [1.82, 2.24) is 0 Å². The van der Waals surface area contributed by atoms with Gasteiger partial charge in [-0.05, 0) is 72.8 Å². The van der Waals surface area contributed by atoms with Crippen LogP contribution in [0.2, 0.25) is 10.0 Å². The van der Waals surface area contributed by atoms with E-state index in [4.69, 9.17) is 27.9 Å². The van der Waals surface area contributed by atoms with Crippen molar-refractivity contribution in [2.24, 2.45) is 0 Å². The maximum atomic E-state index is 12.6. The van der Waals surface area contributed by atoms with Gasteiger partial charge in [-0.25, -0.2) is 9.59 Å². The molecule has 13 heteroatoms. The molecular formula is C26H14Cl2N2O7S2. The minimum atomic E-state index is -1.14. The highest BCUT2D eigenvalue weighted by atomic mass is 35.5. The highest BCUT2D eigenvalue weighted by molar-refractivity contribution is 7.99. The van der Waals surface area contributed by atoms with E-state index in [1.165, 1.54) is 24.3 Å². The Bertz CT molecular complexity index is 1480. The van der Waals surface area contributed by atoms with Crippen LogP contribution >= 0.6 is 46.7 Å². The fraction of sp³-hybridized carbons (Fsp3) is 0. The molecule has 0 bridgehead atoms. The van der Waals surface area contributed by atoms with Crippen LogP contribution in [0.5, 0.6) is 0 Å². The van der Waals surface area contributed by atoms with E-state index in [1.54, 1.807) is 48.5 Å².